The SMILES string of the molecule is CC(=O)NC(c1ccccc1)C(N)c1ccccc1. The number of hydrogen-bond donors (Lipinski definition) is 2. The number of rotatable bonds is 4. The van der Waals surface area contributed by atoms with Crippen LogP contribution in [0.1, 0.15) is 30.1 Å². The van der Waals surface area contributed by atoms with Gasteiger partial charge in [0, 0.05) is 6.92 Å². The molecule has 3 heteroatoms. The molecule has 0 saturated carbocycles. The molecule has 19 heavy (non-hydrogen) atoms. The first-order valence-corrected chi connectivity index (χ1v) is 6.31. The Kier molecular flexibility index (Phi) is 4.31. The number of nitrogens with two attached hydrogens (primary N) is 1. The maximum absolute atomic E-state index is 11.4. The maximum Gasteiger partial charge on any atom is 0.217 e. The van der Waals surface area contributed by atoms with Crippen LogP contribution in [0.4, 0.5) is 0 Å². The van der Waals surface area contributed by atoms with Crippen molar-refractivity contribution in [1.82, 2.24) is 5.32 Å². The number of carbonyl (C=O) groups is 1. The summed E-state index contributed by atoms with van der Waals surface area (Å²) in [5.41, 5.74) is 8.32. The molecule has 2 unspecified atom stereocenters. The lowest BCUT2D eigenvalue weighted by atomic mass is 9.94. The highest BCUT2D eigenvalue weighted by Crippen LogP contribution is 2.26. The molecule has 0 spiro atoms. The van der Waals surface area contributed by atoms with E-state index in [-0.39, 0.29) is 18.0 Å². The third-order valence-corrected chi connectivity index (χ3v) is 3.06. The molecule has 3 N–H and O–H groups in total. The van der Waals surface area contributed by atoms with E-state index in [1.807, 2.05) is 60.7 Å². The van der Waals surface area contributed by atoms with Crippen molar-refractivity contribution < 1.29 is 4.79 Å². The number of amides is 1. The van der Waals surface area contributed by atoms with Crippen LogP contribution in [-0.4, -0.2) is 5.91 Å². The minimum atomic E-state index is -0.271. The van der Waals surface area contributed by atoms with E-state index in [1.165, 1.54) is 6.92 Å². The fourth-order valence-corrected chi connectivity index (χ4v) is 2.13. The molecule has 98 valence electrons. The van der Waals surface area contributed by atoms with Gasteiger partial charge in [-0.3, -0.25) is 4.79 Å². The largest absolute Gasteiger partial charge is 0.348 e. The van der Waals surface area contributed by atoms with Crippen molar-refractivity contribution in [2.75, 3.05) is 0 Å². The zero-order valence-corrected chi connectivity index (χ0v) is 10.9. The van der Waals surface area contributed by atoms with Gasteiger partial charge in [0.2, 0.25) is 5.91 Å². The van der Waals surface area contributed by atoms with E-state index < -0.39 is 0 Å². The highest BCUT2D eigenvalue weighted by molar-refractivity contribution is 5.73. The van der Waals surface area contributed by atoms with Crippen LogP contribution in [0.2, 0.25) is 0 Å². The Morgan fingerprint density at radius 1 is 0.947 bits per heavy atom. The molecule has 1 amide bonds. The fraction of sp³-hybridized carbons (Fsp3) is 0.188. The highest BCUT2D eigenvalue weighted by Gasteiger charge is 2.21. The van der Waals surface area contributed by atoms with E-state index in [4.69, 9.17) is 5.73 Å². The summed E-state index contributed by atoms with van der Waals surface area (Å²) in [7, 11) is 0. The van der Waals surface area contributed by atoms with Gasteiger partial charge in [0.1, 0.15) is 0 Å². The molecule has 0 saturated heterocycles. The second kappa shape index (κ2) is 6.16. The summed E-state index contributed by atoms with van der Waals surface area (Å²) in [6, 6.07) is 19.1. The Labute approximate surface area is 113 Å². The van der Waals surface area contributed by atoms with Gasteiger partial charge in [0.05, 0.1) is 12.1 Å². The van der Waals surface area contributed by atoms with Crippen LogP contribution in [-0.2, 0) is 4.79 Å². The van der Waals surface area contributed by atoms with Crippen molar-refractivity contribution >= 4 is 5.91 Å². The molecule has 0 aliphatic rings. The third-order valence-electron chi connectivity index (χ3n) is 3.06. The van der Waals surface area contributed by atoms with Gasteiger partial charge in [0.25, 0.3) is 0 Å². The minimum Gasteiger partial charge on any atom is -0.348 e. The zero-order valence-electron chi connectivity index (χ0n) is 10.9. The van der Waals surface area contributed by atoms with Crippen molar-refractivity contribution in [3.8, 4) is 0 Å². The molecular formula is C16H18N2O. The van der Waals surface area contributed by atoms with Gasteiger partial charge in [-0.2, -0.15) is 0 Å². The summed E-state index contributed by atoms with van der Waals surface area (Å²) in [5, 5.41) is 2.93. The normalized spacial score (nSPS) is 13.6. The minimum absolute atomic E-state index is 0.0831. The summed E-state index contributed by atoms with van der Waals surface area (Å²) in [6.45, 7) is 1.51. The quantitative estimate of drug-likeness (QED) is 0.881. The van der Waals surface area contributed by atoms with Crippen LogP contribution < -0.4 is 11.1 Å². The van der Waals surface area contributed by atoms with Gasteiger partial charge in [-0.1, -0.05) is 60.7 Å². The first-order chi connectivity index (χ1) is 9.18. The van der Waals surface area contributed by atoms with Gasteiger partial charge in [-0.25, -0.2) is 0 Å². The van der Waals surface area contributed by atoms with E-state index in [9.17, 15) is 4.79 Å². The number of carbonyl (C=O) groups excluding carboxylic acids is 1. The van der Waals surface area contributed by atoms with E-state index >= 15 is 0 Å². The van der Waals surface area contributed by atoms with Gasteiger partial charge >= 0.3 is 0 Å². The molecule has 3 nitrogen and oxygen atoms in total. The molecule has 0 fully saturated rings. The van der Waals surface area contributed by atoms with Crippen LogP contribution in [0.3, 0.4) is 0 Å². The van der Waals surface area contributed by atoms with Crippen LogP contribution in [0.25, 0.3) is 0 Å². The Hall–Kier alpha value is -2.13. The second-order valence-corrected chi connectivity index (χ2v) is 4.53. The number of benzene rings is 2. The van der Waals surface area contributed by atoms with E-state index in [0.717, 1.165) is 11.1 Å². The van der Waals surface area contributed by atoms with E-state index in [2.05, 4.69) is 5.32 Å². The topological polar surface area (TPSA) is 55.1 Å². The highest BCUT2D eigenvalue weighted by atomic mass is 16.1. The molecule has 0 bridgehead atoms. The average molecular weight is 254 g/mol. The number of hydrogen-bond acceptors (Lipinski definition) is 2. The third kappa shape index (κ3) is 3.42. The van der Waals surface area contributed by atoms with E-state index in [1.54, 1.807) is 0 Å². The molecule has 0 radical (unpaired) electrons. The summed E-state index contributed by atoms with van der Waals surface area (Å²) in [5.74, 6) is -0.0831. The summed E-state index contributed by atoms with van der Waals surface area (Å²) in [6.07, 6.45) is 0. The van der Waals surface area contributed by atoms with Crippen molar-refractivity contribution in [3.05, 3.63) is 71.8 Å². The Morgan fingerprint density at radius 3 is 1.89 bits per heavy atom. The van der Waals surface area contributed by atoms with Crippen LogP contribution in [0.15, 0.2) is 60.7 Å². The van der Waals surface area contributed by atoms with Gasteiger partial charge in [-0.05, 0) is 11.1 Å². The fourth-order valence-electron chi connectivity index (χ4n) is 2.13. The first-order valence-electron chi connectivity index (χ1n) is 6.31. The van der Waals surface area contributed by atoms with Crippen molar-refractivity contribution in [2.45, 2.75) is 19.0 Å². The molecule has 0 aromatic heterocycles. The lowest BCUT2D eigenvalue weighted by Crippen LogP contribution is -2.34. The second-order valence-electron chi connectivity index (χ2n) is 4.53. The average Bonchev–Trinajstić information content (AvgIpc) is 2.46. The van der Waals surface area contributed by atoms with Crippen molar-refractivity contribution in [3.63, 3.8) is 0 Å². The molecule has 2 atom stereocenters. The molecule has 2 aromatic carbocycles. The van der Waals surface area contributed by atoms with Gasteiger partial charge < -0.3 is 11.1 Å². The predicted molar refractivity (Wildman–Crippen MR) is 76.4 cm³/mol. The smallest absolute Gasteiger partial charge is 0.217 e. The maximum atomic E-state index is 11.4. The first kappa shape index (κ1) is 13.3. The van der Waals surface area contributed by atoms with Crippen LogP contribution in [0, 0.1) is 0 Å². The predicted octanol–water partition coefficient (Wildman–Crippen LogP) is 2.56. The van der Waals surface area contributed by atoms with Gasteiger partial charge in [-0.15, -0.1) is 0 Å². The molecule has 0 aliphatic carbocycles. The summed E-state index contributed by atoms with van der Waals surface area (Å²) < 4.78 is 0. The van der Waals surface area contributed by atoms with Crippen molar-refractivity contribution in [1.29, 1.82) is 0 Å². The lowest BCUT2D eigenvalue weighted by Gasteiger charge is -2.25. The van der Waals surface area contributed by atoms with Crippen LogP contribution in [0.5, 0.6) is 0 Å². The summed E-state index contributed by atoms with van der Waals surface area (Å²) in [4.78, 5) is 11.4. The van der Waals surface area contributed by atoms with Crippen LogP contribution >= 0.6 is 0 Å². The molecule has 0 heterocycles. The Bertz CT molecular complexity index is 525. The van der Waals surface area contributed by atoms with Gasteiger partial charge in [0.15, 0.2) is 0 Å². The molecular weight excluding hydrogens is 236 g/mol. The molecule has 0 aliphatic heterocycles. The van der Waals surface area contributed by atoms with Crippen molar-refractivity contribution in [2.24, 2.45) is 5.73 Å². The summed E-state index contributed by atoms with van der Waals surface area (Å²) >= 11 is 0. The molecule has 2 rings (SSSR count). The monoisotopic (exact) mass is 254 g/mol. The Balaban J connectivity index is 2.30. The number of nitrogens with one attached hydrogen (secondary N) is 1. The lowest BCUT2D eigenvalue weighted by molar-refractivity contribution is -0.119. The standard InChI is InChI=1S/C16H18N2O/c1-12(19)18-16(14-10-6-3-7-11-14)15(17)13-8-4-2-5-9-13/h2-11,15-16H,17H2,1H3,(H,18,19). The Morgan fingerprint density at radius 2 is 1.42 bits per heavy atom. The molecule has 2 aromatic rings. The zero-order chi connectivity index (χ0) is 13.7. The van der Waals surface area contributed by atoms with E-state index in [0.29, 0.717) is 0 Å².